The lowest BCUT2D eigenvalue weighted by Gasteiger charge is -2.24. The molecule has 2 atom stereocenters. The third-order valence-corrected chi connectivity index (χ3v) is 3.97. The molecule has 0 aromatic heterocycles. The highest BCUT2D eigenvalue weighted by Crippen LogP contribution is 2.29. The second-order valence-electron chi connectivity index (χ2n) is 4.39. The summed E-state index contributed by atoms with van der Waals surface area (Å²) < 4.78 is 0. The predicted octanol–water partition coefficient (Wildman–Crippen LogP) is 3.09. The lowest BCUT2D eigenvalue weighted by molar-refractivity contribution is 0.260. The molecule has 16 heavy (non-hydrogen) atoms. The van der Waals surface area contributed by atoms with Crippen molar-refractivity contribution in [3.63, 3.8) is 0 Å². The van der Waals surface area contributed by atoms with E-state index in [-0.39, 0.29) is 0 Å². The van der Waals surface area contributed by atoms with E-state index in [0.717, 1.165) is 19.5 Å². The van der Waals surface area contributed by atoms with Gasteiger partial charge in [-0.05, 0) is 31.0 Å². The van der Waals surface area contributed by atoms with Crippen LogP contribution in [0.25, 0.3) is 0 Å². The number of nitrogens with zero attached hydrogens (tertiary/aromatic N) is 1. The fraction of sp³-hybridized carbons (Fsp3) is 0.500. The van der Waals surface area contributed by atoms with Gasteiger partial charge in [0.1, 0.15) is 0 Å². The van der Waals surface area contributed by atoms with Crippen molar-refractivity contribution >= 4 is 23.2 Å². The van der Waals surface area contributed by atoms with Crippen LogP contribution in [0.4, 0.5) is 0 Å². The maximum absolute atomic E-state index is 6.02. The Morgan fingerprint density at radius 2 is 2.12 bits per heavy atom. The molecule has 0 amide bonds. The highest BCUT2D eigenvalue weighted by Gasteiger charge is 2.24. The Bertz CT molecular complexity index is 381. The lowest BCUT2D eigenvalue weighted by Crippen LogP contribution is -2.28. The highest BCUT2D eigenvalue weighted by atomic mass is 35.5. The number of hydrogen-bond donors (Lipinski definition) is 1. The van der Waals surface area contributed by atoms with Gasteiger partial charge in [-0.25, -0.2) is 0 Å². The maximum Gasteiger partial charge on any atom is 0.0595 e. The van der Waals surface area contributed by atoms with Gasteiger partial charge in [-0.1, -0.05) is 29.3 Å². The van der Waals surface area contributed by atoms with Crippen LogP contribution < -0.4 is 5.73 Å². The van der Waals surface area contributed by atoms with E-state index in [2.05, 4.69) is 11.8 Å². The Labute approximate surface area is 106 Å². The van der Waals surface area contributed by atoms with Crippen LogP contribution in [0.15, 0.2) is 18.2 Å². The number of rotatable bonds is 2. The zero-order valence-electron chi connectivity index (χ0n) is 9.29. The van der Waals surface area contributed by atoms with Gasteiger partial charge in [-0.15, -0.1) is 0 Å². The van der Waals surface area contributed by atoms with E-state index in [1.807, 2.05) is 18.2 Å². The molecule has 1 aromatic rings. The summed E-state index contributed by atoms with van der Waals surface area (Å²) in [5.74, 6) is 0. The molecule has 4 heteroatoms. The quantitative estimate of drug-likeness (QED) is 0.884. The van der Waals surface area contributed by atoms with Crippen molar-refractivity contribution in [2.24, 2.45) is 5.73 Å². The highest BCUT2D eigenvalue weighted by molar-refractivity contribution is 6.42. The van der Waals surface area contributed by atoms with Crippen LogP contribution in [0.2, 0.25) is 10.0 Å². The summed E-state index contributed by atoms with van der Waals surface area (Å²) in [4.78, 5) is 2.38. The van der Waals surface area contributed by atoms with Gasteiger partial charge in [0, 0.05) is 25.2 Å². The van der Waals surface area contributed by atoms with Crippen LogP contribution in [0.3, 0.4) is 0 Å². The third-order valence-electron chi connectivity index (χ3n) is 3.23. The normalized spacial score (nSPS) is 23.6. The molecule has 2 N–H and O–H groups in total. The van der Waals surface area contributed by atoms with Gasteiger partial charge in [-0.3, -0.25) is 4.90 Å². The summed E-state index contributed by atoms with van der Waals surface area (Å²) >= 11 is 11.9. The Morgan fingerprint density at radius 1 is 1.38 bits per heavy atom. The summed E-state index contributed by atoms with van der Waals surface area (Å²) in [6.07, 6.45) is 1.08. The molecule has 1 saturated heterocycles. The zero-order chi connectivity index (χ0) is 11.7. The molecule has 2 nitrogen and oxygen atoms in total. The van der Waals surface area contributed by atoms with Crippen molar-refractivity contribution < 1.29 is 0 Å². The Morgan fingerprint density at radius 3 is 2.69 bits per heavy atom. The molecule has 0 spiro atoms. The first-order valence-electron chi connectivity index (χ1n) is 5.52. The Balaban J connectivity index is 2.14. The fourth-order valence-corrected chi connectivity index (χ4v) is 2.46. The van der Waals surface area contributed by atoms with Crippen molar-refractivity contribution in [1.29, 1.82) is 0 Å². The molecule has 1 aromatic carbocycles. The monoisotopic (exact) mass is 258 g/mol. The zero-order valence-corrected chi connectivity index (χ0v) is 10.8. The minimum absolute atomic E-state index is 0.310. The van der Waals surface area contributed by atoms with Crippen molar-refractivity contribution in [3.8, 4) is 0 Å². The smallest absolute Gasteiger partial charge is 0.0595 e. The molecule has 0 radical (unpaired) electrons. The Hall–Kier alpha value is -0.280. The van der Waals surface area contributed by atoms with Gasteiger partial charge in [0.05, 0.1) is 10.0 Å². The van der Waals surface area contributed by atoms with Gasteiger partial charge < -0.3 is 5.73 Å². The molecular formula is C12H16Cl2N2. The minimum Gasteiger partial charge on any atom is -0.326 e. The largest absolute Gasteiger partial charge is 0.326 e. The van der Waals surface area contributed by atoms with E-state index in [9.17, 15) is 0 Å². The average Bonchev–Trinajstić information content (AvgIpc) is 2.68. The first-order chi connectivity index (χ1) is 7.58. The molecule has 1 aliphatic heterocycles. The molecular weight excluding hydrogens is 243 g/mol. The van der Waals surface area contributed by atoms with Crippen molar-refractivity contribution in [1.82, 2.24) is 4.90 Å². The lowest BCUT2D eigenvalue weighted by atomic mass is 10.1. The van der Waals surface area contributed by atoms with Crippen molar-refractivity contribution in [3.05, 3.63) is 33.8 Å². The summed E-state index contributed by atoms with van der Waals surface area (Å²) in [6, 6.07) is 6.49. The van der Waals surface area contributed by atoms with Crippen LogP contribution in [0, 0.1) is 0 Å². The maximum atomic E-state index is 6.02. The second kappa shape index (κ2) is 4.92. The van der Waals surface area contributed by atoms with Gasteiger partial charge in [0.2, 0.25) is 0 Å². The minimum atomic E-state index is 0.310. The van der Waals surface area contributed by atoms with Crippen LogP contribution in [-0.2, 0) is 0 Å². The van der Waals surface area contributed by atoms with Crippen LogP contribution in [0.5, 0.6) is 0 Å². The van der Waals surface area contributed by atoms with Gasteiger partial charge in [0.15, 0.2) is 0 Å². The molecule has 88 valence electrons. The molecule has 0 bridgehead atoms. The number of benzene rings is 1. The molecule has 2 rings (SSSR count). The summed E-state index contributed by atoms with van der Waals surface area (Å²) in [6.45, 7) is 4.20. The van der Waals surface area contributed by atoms with E-state index in [4.69, 9.17) is 28.9 Å². The summed E-state index contributed by atoms with van der Waals surface area (Å²) in [7, 11) is 0. The second-order valence-corrected chi connectivity index (χ2v) is 5.21. The standard InChI is InChI=1S/C12H16Cl2N2/c1-8(16-5-4-10(15)7-16)9-2-3-11(13)12(14)6-9/h2-3,6,8,10H,4-5,7,15H2,1H3/t8?,10-/m1/s1. The molecule has 0 aliphatic carbocycles. The molecule has 0 saturated carbocycles. The first kappa shape index (κ1) is 12.2. The Kier molecular flexibility index (Phi) is 3.75. The van der Waals surface area contributed by atoms with E-state index in [1.165, 1.54) is 5.56 Å². The molecule has 1 unspecified atom stereocenters. The van der Waals surface area contributed by atoms with E-state index in [1.54, 1.807) is 0 Å². The summed E-state index contributed by atoms with van der Waals surface area (Å²) in [5, 5.41) is 1.23. The van der Waals surface area contributed by atoms with Crippen LogP contribution in [-0.4, -0.2) is 24.0 Å². The van der Waals surface area contributed by atoms with Gasteiger partial charge in [0.25, 0.3) is 0 Å². The number of hydrogen-bond acceptors (Lipinski definition) is 2. The SMILES string of the molecule is CC(c1ccc(Cl)c(Cl)c1)N1CC[C@@H](N)C1. The topological polar surface area (TPSA) is 29.3 Å². The number of likely N-dealkylation sites (tertiary alicyclic amines) is 1. The van der Waals surface area contributed by atoms with Crippen LogP contribution in [0.1, 0.15) is 24.9 Å². The summed E-state index contributed by atoms with van der Waals surface area (Å²) in [5.41, 5.74) is 7.10. The average molecular weight is 259 g/mol. The van der Waals surface area contributed by atoms with Crippen molar-refractivity contribution in [2.75, 3.05) is 13.1 Å². The molecule has 1 heterocycles. The van der Waals surface area contributed by atoms with Gasteiger partial charge >= 0.3 is 0 Å². The van der Waals surface area contributed by atoms with E-state index in [0.29, 0.717) is 22.1 Å². The fourth-order valence-electron chi connectivity index (χ4n) is 2.15. The molecule has 1 fully saturated rings. The van der Waals surface area contributed by atoms with Crippen LogP contribution >= 0.6 is 23.2 Å². The number of halogens is 2. The first-order valence-corrected chi connectivity index (χ1v) is 6.28. The third kappa shape index (κ3) is 2.51. The van der Waals surface area contributed by atoms with E-state index >= 15 is 0 Å². The van der Waals surface area contributed by atoms with Gasteiger partial charge in [-0.2, -0.15) is 0 Å². The van der Waals surface area contributed by atoms with E-state index < -0.39 is 0 Å². The molecule has 1 aliphatic rings. The number of nitrogens with two attached hydrogens (primary N) is 1. The van der Waals surface area contributed by atoms with Crippen molar-refractivity contribution in [2.45, 2.75) is 25.4 Å². The predicted molar refractivity (Wildman–Crippen MR) is 69.0 cm³/mol.